The molecule has 0 radical (unpaired) electrons. The van der Waals surface area contributed by atoms with Crippen LogP contribution in [0.25, 0.3) is 0 Å². The number of hydrogen-bond acceptors (Lipinski definition) is 3. The number of hydrogen-bond donors (Lipinski definition) is 1. The van der Waals surface area contributed by atoms with Crippen molar-refractivity contribution in [3.63, 3.8) is 0 Å². The van der Waals surface area contributed by atoms with E-state index in [-0.39, 0.29) is 11.8 Å². The van der Waals surface area contributed by atoms with E-state index >= 15 is 0 Å². The van der Waals surface area contributed by atoms with Gasteiger partial charge in [-0.3, -0.25) is 9.48 Å². The first kappa shape index (κ1) is 11.9. The Morgan fingerprint density at radius 1 is 1.60 bits per heavy atom. The molecule has 1 rings (SSSR count). The number of Topliss-reactive ketones (excluding diaryl/α,β-unsaturated/α-hetero) is 1. The molecule has 0 spiro atoms. The molecule has 0 bridgehead atoms. The molecule has 0 aliphatic heterocycles. The first-order valence-electron chi connectivity index (χ1n) is 5.47. The molecule has 1 aromatic heterocycles. The second-order valence-corrected chi connectivity index (χ2v) is 3.62. The molecule has 4 heteroatoms. The number of rotatable bonds is 6. The van der Waals surface area contributed by atoms with Crippen molar-refractivity contribution in [1.29, 1.82) is 0 Å². The maximum Gasteiger partial charge on any atom is 0.182 e. The van der Waals surface area contributed by atoms with E-state index in [0.717, 1.165) is 13.1 Å². The lowest BCUT2D eigenvalue weighted by atomic mass is 10.1. The van der Waals surface area contributed by atoms with Crippen LogP contribution in [0, 0.1) is 0 Å². The lowest BCUT2D eigenvalue weighted by Gasteiger charge is -2.11. The summed E-state index contributed by atoms with van der Waals surface area (Å²) in [7, 11) is 0. The number of carbonyl (C=O) groups excluding carboxylic acids is 1. The molecule has 1 unspecified atom stereocenters. The lowest BCUT2D eigenvalue weighted by molar-refractivity contribution is 0.0961. The van der Waals surface area contributed by atoms with E-state index in [2.05, 4.69) is 10.4 Å². The molecule has 0 aromatic carbocycles. The number of carbonyl (C=O) groups is 1. The van der Waals surface area contributed by atoms with Crippen LogP contribution in [0.15, 0.2) is 12.3 Å². The van der Waals surface area contributed by atoms with Crippen molar-refractivity contribution < 1.29 is 4.79 Å². The van der Waals surface area contributed by atoms with Crippen molar-refractivity contribution in [2.24, 2.45) is 0 Å². The van der Waals surface area contributed by atoms with E-state index in [0.29, 0.717) is 12.1 Å². The molecule has 15 heavy (non-hydrogen) atoms. The molecule has 84 valence electrons. The second kappa shape index (κ2) is 5.66. The minimum atomic E-state index is 0.155. The first-order valence-corrected chi connectivity index (χ1v) is 5.47. The van der Waals surface area contributed by atoms with Crippen LogP contribution in [0.3, 0.4) is 0 Å². The molecule has 0 aliphatic rings. The summed E-state index contributed by atoms with van der Waals surface area (Å²) in [6.07, 6.45) is 2.20. The van der Waals surface area contributed by atoms with Crippen LogP contribution in [0.2, 0.25) is 0 Å². The maximum atomic E-state index is 11.9. The highest BCUT2D eigenvalue weighted by Crippen LogP contribution is 2.05. The van der Waals surface area contributed by atoms with Crippen LogP contribution in [0.1, 0.15) is 37.7 Å². The summed E-state index contributed by atoms with van der Waals surface area (Å²) in [6.45, 7) is 7.67. The smallest absolute Gasteiger partial charge is 0.182 e. The summed E-state index contributed by atoms with van der Waals surface area (Å²) in [5, 5.41) is 7.31. The highest BCUT2D eigenvalue weighted by molar-refractivity contribution is 5.94. The van der Waals surface area contributed by atoms with E-state index in [1.165, 1.54) is 0 Å². The van der Waals surface area contributed by atoms with Crippen molar-refractivity contribution in [2.75, 3.05) is 6.54 Å². The number of ketones is 1. The third kappa shape index (κ3) is 3.16. The van der Waals surface area contributed by atoms with Crippen molar-refractivity contribution in [2.45, 2.75) is 39.8 Å². The number of nitrogens with one attached hydrogen (secondary N) is 1. The number of nitrogens with zero attached hydrogens (tertiary/aromatic N) is 2. The molecule has 1 atom stereocenters. The summed E-state index contributed by atoms with van der Waals surface area (Å²) < 4.78 is 1.74. The van der Waals surface area contributed by atoms with Crippen molar-refractivity contribution in [1.82, 2.24) is 15.1 Å². The van der Waals surface area contributed by atoms with Gasteiger partial charge in [-0.05, 0) is 26.5 Å². The molecule has 1 aromatic rings. The lowest BCUT2D eigenvalue weighted by Crippen LogP contribution is -2.28. The minimum Gasteiger partial charge on any atom is -0.314 e. The van der Waals surface area contributed by atoms with Gasteiger partial charge < -0.3 is 5.32 Å². The van der Waals surface area contributed by atoms with Gasteiger partial charge in [0.1, 0.15) is 5.69 Å². The zero-order valence-corrected chi connectivity index (χ0v) is 9.66. The Morgan fingerprint density at radius 3 is 2.93 bits per heavy atom. The predicted octanol–water partition coefficient (Wildman–Crippen LogP) is 1.47. The Bertz CT molecular complexity index is 319. The number of aromatic nitrogens is 2. The zero-order valence-electron chi connectivity index (χ0n) is 9.66. The Morgan fingerprint density at radius 2 is 2.33 bits per heavy atom. The van der Waals surface area contributed by atoms with Gasteiger partial charge >= 0.3 is 0 Å². The van der Waals surface area contributed by atoms with Crippen LogP contribution in [0.5, 0.6) is 0 Å². The van der Waals surface area contributed by atoms with Crippen molar-refractivity contribution in [3.8, 4) is 0 Å². The monoisotopic (exact) mass is 209 g/mol. The summed E-state index contributed by atoms with van der Waals surface area (Å²) in [6, 6.07) is 2.01. The van der Waals surface area contributed by atoms with Crippen molar-refractivity contribution >= 4 is 5.78 Å². The molecular weight excluding hydrogens is 190 g/mol. The molecule has 1 N–H and O–H groups in total. The third-order valence-electron chi connectivity index (χ3n) is 2.35. The van der Waals surface area contributed by atoms with Gasteiger partial charge in [-0.15, -0.1) is 0 Å². The number of aryl methyl sites for hydroxylation is 1. The Hall–Kier alpha value is -1.16. The summed E-state index contributed by atoms with van der Waals surface area (Å²) >= 11 is 0. The minimum absolute atomic E-state index is 0.155. The van der Waals surface area contributed by atoms with Gasteiger partial charge in [0, 0.05) is 25.2 Å². The van der Waals surface area contributed by atoms with Gasteiger partial charge in [-0.2, -0.15) is 5.10 Å². The Labute approximate surface area is 90.7 Å². The van der Waals surface area contributed by atoms with Gasteiger partial charge in [-0.25, -0.2) is 0 Å². The van der Waals surface area contributed by atoms with Crippen LogP contribution < -0.4 is 5.32 Å². The van der Waals surface area contributed by atoms with Crippen LogP contribution >= 0.6 is 0 Å². The van der Waals surface area contributed by atoms with E-state index in [1.54, 1.807) is 16.9 Å². The molecular formula is C11H19N3O. The standard InChI is InChI=1S/C11H19N3O/c1-4-12-9(3)8-11(15)10-6-7-13-14(10)5-2/h6-7,9,12H,4-5,8H2,1-3H3. The second-order valence-electron chi connectivity index (χ2n) is 3.62. The highest BCUT2D eigenvalue weighted by atomic mass is 16.1. The van der Waals surface area contributed by atoms with Gasteiger partial charge in [0.15, 0.2) is 5.78 Å². The first-order chi connectivity index (χ1) is 7.19. The third-order valence-corrected chi connectivity index (χ3v) is 2.35. The Kier molecular flexibility index (Phi) is 4.49. The Balaban J connectivity index is 2.61. The van der Waals surface area contributed by atoms with Crippen LogP contribution in [0.4, 0.5) is 0 Å². The van der Waals surface area contributed by atoms with Crippen LogP contribution in [-0.4, -0.2) is 28.2 Å². The predicted molar refractivity (Wildman–Crippen MR) is 60.0 cm³/mol. The largest absolute Gasteiger partial charge is 0.314 e. The zero-order chi connectivity index (χ0) is 11.3. The molecule has 0 saturated carbocycles. The quantitative estimate of drug-likeness (QED) is 0.722. The molecule has 0 aliphatic carbocycles. The molecule has 0 fully saturated rings. The molecule has 4 nitrogen and oxygen atoms in total. The fraction of sp³-hybridized carbons (Fsp3) is 0.636. The van der Waals surface area contributed by atoms with Gasteiger partial charge in [0.05, 0.1) is 0 Å². The van der Waals surface area contributed by atoms with Gasteiger partial charge in [0.25, 0.3) is 0 Å². The molecule has 1 heterocycles. The fourth-order valence-electron chi connectivity index (χ4n) is 1.62. The summed E-state index contributed by atoms with van der Waals surface area (Å²) in [4.78, 5) is 11.9. The molecule has 0 amide bonds. The van der Waals surface area contributed by atoms with E-state index in [4.69, 9.17) is 0 Å². The van der Waals surface area contributed by atoms with Crippen LogP contribution in [-0.2, 0) is 6.54 Å². The maximum absolute atomic E-state index is 11.9. The average molecular weight is 209 g/mol. The van der Waals surface area contributed by atoms with Crippen molar-refractivity contribution in [3.05, 3.63) is 18.0 Å². The SMILES string of the molecule is CCNC(C)CC(=O)c1ccnn1CC. The van der Waals surface area contributed by atoms with E-state index < -0.39 is 0 Å². The van der Waals surface area contributed by atoms with E-state index in [1.807, 2.05) is 20.8 Å². The normalized spacial score (nSPS) is 12.7. The summed E-state index contributed by atoms with van der Waals surface area (Å²) in [5.74, 6) is 0.155. The van der Waals surface area contributed by atoms with Gasteiger partial charge in [0.2, 0.25) is 0 Å². The topological polar surface area (TPSA) is 46.9 Å². The summed E-state index contributed by atoms with van der Waals surface area (Å²) in [5.41, 5.74) is 0.710. The fourth-order valence-corrected chi connectivity index (χ4v) is 1.62. The molecule has 0 saturated heterocycles. The highest BCUT2D eigenvalue weighted by Gasteiger charge is 2.13. The van der Waals surface area contributed by atoms with Gasteiger partial charge in [-0.1, -0.05) is 6.92 Å². The van der Waals surface area contributed by atoms with E-state index in [9.17, 15) is 4.79 Å². The average Bonchev–Trinajstić information content (AvgIpc) is 2.65.